The summed E-state index contributed by atoms with van der Waals surface area (Å²) in [7, 11) is 0. The summed E-state index contributed by atoms with van der Waals surface area (Å²) in [5.74, 6) is 0. The summed E-state index contributed by atoms with van der Waals surface area (Å²) >= 11 is 3.26. The van der Waals surface area contributed by atoms with Crippen molar-refractivity contribution in [1.82, 2.24) is 9.78 Å². The van der Waals surface area contributed by atoms with Crippen molar-refractivity contribution in [2.24, 2.45) is 0 Å². The maximum Gasteiger partial charge on any atom is 0.0708 e. The normalized spacial score (nSPS) is 13.5. The highest BCUT2D eigenvalue weighted by Gasteiger charge is 1.98. The van der Waals surface area contributed by atoms with E-state index in [9.17, 15) is 0 Å². The lowest BCUT2D eigenvalue weighted by Gasteiger charge is -2.01. The van der Waals surface area contributed by atoms with Crippen LogP contribution in [0.4, 0.5) is 0 Å². The first-order valence-corrected chi connectivity index (χ1v) is 3.84. The van der Waals surface area contributed by atoms with Crippen molar-refractivity contribution >= 4 is 15.9 Å². The van der Waals surface area contributed by atoms with Crippen LogP contribution in [0.3, 0.4) is 0 Å². The molecule has 0 spiro atoms. The van der Waals surface area contributed by atoms with Gasteiger partial charge in [-0.05, 0) is 22.9 Å². The molecule has 1 N–H and O–H groups in total. The predicted octanol–water partition coefficient (Wildman–Crippen LogP) is 1.03. The fourth-order valence-electron chi connectivity index (χ4n) is 0.709. The van der Waals surface area contributed by atoms with E-state index in [1.165, 1.54) is 0 Å². The molecule has 1 rings (SSSR count). The Hall–Kier alpha value is -0.350. The van der Waals surface area contributed by atoms with Gasteiger partial charge in [-0.25, -0.2) is 0 Å². The van der Waals surface area contributed by atoms with E-state index < -0.39 is 0 Å². The Kier molecular flexibility index (Phi) is 2.45. The molecule has 0 bridgehead atoms. The van der Waals surface area contributed by atoms with E-state index >= 15 is 0 Å². The van der Waals surface area contributed by atoms with E-state index in [1.54, 1.807) is 17.8 Å². The quantitative estimate of drug-likeness (QED) is 0.782. The predicted molar refractivity (Wildman–Crippen MR) is 41.6 cm³/mol. The first-order valence-electron chi connectivity index (χ1n) is 3.04. The number of aliphatic hydroxyl groups excluding tert-OH is 1. The van der Waals surface area contributed by atoms with Crippen LogP contribution in [0.25, 0.3) is 0 Å². The molecule has 0 saturated heterocycles. The molecule has 1 aromatic rings. The topological polar surface area (TPSA) is 38.0 Å². The molecule has 0 saturated carbocycles. The Morgan fingerprint density at radius 1 is 1.90 bits per heavy atom. The van der Waals surface area contributed by atoms with Crippen molar-refractivity contribution in [2.75, 3.05) is 0 Å². The third-order valence-corrected chi connectivity index (χ3v) is 1.46. The Balaban J connectivity index is 2.58. The monoisotopic (exact) mass is 204 g/mol. The zero-order valence-corrected chi connectivity index (χ0v) is 7.24. The molecule has 0 aliphatic rings. The van der Waals surface area contributed by atoms with Gasteiger partial charge in [0.05, 0.1) is 23.3 Å². The van der Waals surface area contributed by atoms with Crippen molar-refractivity contribution in [1.29, 1.82) is 0 Å². The Bertz CT molecular complexity index is 209. The minimum atomic E-state index is -0.341. The molecule has 0 aliphatic carbocycles. The van der Waals surface area contributed by atoms with Crippen LogP contribution in [0, 0.1) is 0 Å². The molecule has 1 aromatic heterocycles. The Labute approximate surface area is 67.8 Å². The molecule has 0 unspecified atom stereocenters. The summed E-state index contributed by atoms with van der Waals surface area (Å²) in [5, 5.41) is 12.9. The summed E-state index contributed by atoms with van der Waals surface area (Å²) < 4.78 is 2.63. The number of rotatable bonds is 2. The second kappa shape index (κ2) is 3.16. The molecule has 56 valence electrons. The summed E-state index contributed by atoms with van der Waals surface area (Å²) in [6.07, 6.45) is 3.18. The minimum absolute atomic E-state index is 0.341. The van der Waals surface area contributed by atoms with Crippen LogP contribution in [-0.4, -0.2) is 21.0 Å². The average Bonchev–Trinajstić information content (AvgIpc) is 2.13. The number of aliphatic hydroxyl groups is 1. The summed E-state index contributed by atoms with van der Waals surface area (Å²) in [6, 6.07) is 0. The van der Waals surface area contributed by atoms with E-state index in [0.717, 1.165) is 4.47 Å². The van der Waals surface area contributed by atoms with Gasteiger partial charge < -0.3 is 5.11 Å². The van der Waals surface area contributed by atoms with Gasteiger partial charge in [-0.3, -0.25) is 4.68 Å². The maximum absolute atomic E-state index is 8.94. The molecule has 1 heterocycles. The van der Waals surface area contributed by atoms with Gasteiger partial charge in [0.25, 0.3) is 0 Å². The fraction of sp³-hybridized carbons (Fsp3) is 0.500. The second-order valence-corrected chi connectivity index (χ2v) is 3.15. The largest absolute Gasteiger partial charge is 0.391 e. The average molecular weight is 205 g/mol. The third-order valence-electron chi connectivity index (χ3n) is 1.05. The number of halogens is 1. The zero-order chi connectivity index (χ0) is 7.56. The van der Waals surface area contributed by atoms with Gasteiger partial charge in [-0.15, -0.1) is 0 Å². The Morgan fingerprint density at radius 3 is 3.00 bits per heavy atom. The zero-order valence-electron chi connectivity index (χ0n) is 5.66. The molecule has 0 fully saturated rings. The first-order chi connectivity index (χ1) is 4.68. The van der Waals surface area contributed by atoms with Gasteiger partial charge >= 0.3 is 0 Å². The SMILES string of the molecule is C[C@H](O)Cn1cc(Br)cn1. The molecule has 4 heteroatoms. The highest BCUT2D eigenvalue weighted by molar-refractivity contribution is 9.10. The molecular formula is C6H9BrN2O. The number of hydrogen-bond donors (Lipinski definition) is 1. The maximum atomic E-state index is 8.94. The molecule has 0 aliphatic heterocycles. The van der Waals surface area contributed by atoms with Crippen molar-refractivity contribution in [3.63, 3.8) is 0 Å². The van der Waals surface area contributed by atoms with Crippen LogP contribution in [0.2, 0.25) is 0 Å². The molecule has 10 heavy (non-hydrogen) atoms. The lowest BCUT2D eigenvalue weighted by Crippen LogP contribution is -2.11. The van der Waals surface area contributed by atoms with E-state index in [0.29, 0.717) is 6.54 Å². The molecule has 1 atom stereocenters. The van der Waals surface area contributed by atoms with Crippen LogP contribution in [0.5, 0.6) is 0 Å². The third kappa shape index (κ3) is 2.11. The van der Waals surface area contributed by atoms with Gasteiger partial charge in [0.1, 0.15) is 0 Å². The van der Waals surface area contributed by atoms with E-state index in [1.807, 2.05) is 6.20 Å². The summed E-state index contributed by atoms with van der Waals surface area (Å²) in [4.78, 5) is 0. The van der Waals surface area contributed by atoms with Gasteiger partial charge in [0.2, 0.25) is 0 Å². The van der Waals surface area contributed by atoms with Crippen LogP contribution in [0.1, 0.15) is 6.92 Å². The number of nitrogens with zero attached hydrogens (tertiary/aromatic N) is 2. The standard InChI is InChI=1S/C6H9BrN2O/c1-5(10)3-9-4-6(7)2-8-9/h2,4-5,10H,3H2,1H3/t5-/m0/s1. The lowest BCUT2D eigenvalue weighted by atomic mass is 10.4. The summed E-state index contributed by atoms with van der Waals surface area (Å²) in [6.45, 7) is 2.28. The van der Waals surface area contributed by atoms with Gasteiger partial charge in [0, 0.05) is 6.20 Å². The molecule has 0 amide bonds. The number of hydrogen-bond acceptors (Lipinski definition) is 2. The van der Waals surface area contributed by atoms with Crippen molar-refractivity contribution in [3.05, 3.63) is 16.9 Å². The van der Waals surface area contributed by atoms with Gasteiger partial charge in [-0.2, -0.15) is 5.10 Å². The van der Waals surface area contributed by atoms with Gasteiger partial charge in [-0.1, -0.05) is 0 Å². The van der Waals surface area contributed by atoms with Crippen molar-refractivity contribution in [3.8, 4) is 0 Å². The van der Waals surface area contributed by atoms with Crippen LogP contribution in [0.15, 0.2) is 16.9 Å². The molecule has 0 aromatic carbocycles. The molecule has 0 radical (unpaired) electrons. The minimum Gasteiger partial charge on any atom is -0.391 e. The molecule has 3 nitrogen and oxygen atoms in total. The smallest absolute Gasteiger partial charge is 0.0708 e. The summed E-state index contributed by atoms with van der Waals surface area (Å²) in [5.41, 5.74) is 0. The van der Waals surface area contributed by atoms with Crippen molar-refractivity contribution in [2.45, 2.75) is 19.6 Å². The Morgan fingerprint density at radius 2 is 2.60 bits per heavy atom. The van der Waals surface area contributed by atoms with E-state index in [4.69, 9.17) is 5.11 Å². The van der Waals surface area contributed by atoms with Crippen LogP contribution >= 0.6 is 15.9 Å². The van der Waals surface area contributed by atoms with Crippen molar-refractivity contribution < 1.29 is 5.11 Å². The lowest BCUT2D eigenvalue weighted by molar-refractivity contribution is 0.168. The van der Waals surface area contributed by atoms with E-state index in [2.05, 4.69) is 21.0 Å². The second-order valence-electron chi connectivity index (χ2n) is 2.23. The fourth-order valence-corrected chi connectivity index (χ4v) is 1.04. The molecular weight excluding hydrogens is 196 g/mol. The van der Waals surface area contributed by atoms with E-state index in [-0.39, 0.29) is 6.10 Å². The highest BCUT2D eigenvalue weighted by Crippen LogP contribution is 2.06. The number of aromatic nitrogens is 2. The van der Waals surface area contributed by atoms with Gasteiger partial charge in [0.15, 0.2) is 0 Å². The first kappa shape index (κ1) is 7.75. The van der Waals surface area contributed by atoms with Crippen LogP contribution < -0.4 is 0 Å². The highest BCUT2D eigenvalue weighted by atomic mass is 79.9. The van der Waals surface area contributed by atoms with Crippen LogP contribution in [-0.2, 0) is 6.54 Å².